The van der Waals surface area contributed by atoms with Gasteiger partial charge in [0.05, 0.1) is 17.5 Å². The van der Waals surface area contributed by atoms with E-state index >= 15 is 0 Å². The standard InChI is InChI=1S/C20H27FN4O/c21-18-5-4-6-19(11-18)25-14-17(12-22-25)13-24-10-7-20(26,16-24)15-23-8-2-1-3-9-23/h4-6,11-12,14,26H,1-3,7-10,13,15-16H2/t20-/m1/s1. The van der Waals surface area contributed by atoms with Gasteiger partial charge < -0.3 is 10.0 Å². The van der Waals surface area contributed by atoms with Crippen LogP contribution in [-0.4, -0.2) is 63.0 Å². The van der Waals surface area contributed by atoms with E-state index in [1.54, 1.807) is 10.7 Å². The second-order valence-corrected chi connectivity index (χ2v) is 7.79. The molecule has 1 aromatic heterocycles. The van der Waals surface area contributed by atoms with E-state index < -0.39 is 5.60 Å². The van der Waals surface area contributed by atoms with Crippen LogP contribution in [0.2, 0.25) is 0 Å². The van der Waals surface area contributed by atoms with Crippen molar-refractivity contribution in [3.8, 4) is 5.69 Å². The molecule has 140 valence electrons. The SMILES string of the molecule is O[C@@]1(CN2CCCCC2)CCN(Cc2cnn(-c3cccc(F)c3)c2)C1. The van der Waals surface area contributed by atoms with Gasteiger partial charge >= 0.3 is 0 Å². The molecule has 26 heavy (non-hydrogen) atoms. The van der Waals surface area contributed by atoms with E-state index in [1.807, 2.05) is 18.5 Å². The summed E-state index contributed by atoms with van der Waals surface area (Å²) in [6, 6.07) is 6.44. The van der Waals surface area contributed by atoms with Crippen molar-refractivity contribution in [2.45, 2.75) is 37.8 Å². The van der Waals surface area contributed by atoms with Gasteiger partial charge in [0, 0.05) is 37.9 Å². The highest BCUT2D eigenvalue weighted by molar-refractivity contribution is 5.31. The summed E-state index contributed by atoms with van der Waals surface area (Å²) in [5.41, 5.74) is 1.20. The van der Waals surface area contributed by atoms with Gasteiger partial charge in [-0.1, -0.05) is 12.5 Å². The quantitative estimate of drug-likeness (QED) is 0.892. The number of aliphatic hydroxyl groups is 1. The van der Waals surface area contributed by atoms with Gasteiger partial charge in [0.2, 0.25) is 0 Å². The molecule has 0 saturated carbocycles. The van der Waals surface area contributed by atoms with E-state index in [2.05, 4.69) is 14.9 Å². The van der Waals surface area contributed by atoms with Crippen LogP contribution < -0.4 is 0 Å². The smallest absolute Gasteiger partial charge is 0.125 e. The highest BCUT2D eigenvalue weighted by atomic mass is 19.1. The first-order valence-corrected chi connectivity index (χ1v) is 9.56. The molecule has 0 spiro atoms. The van der Waals surface area contributed by atoms with Crippen LogP contribution >= 0.6 is 0 Å². The zero-order valence-corrected chi connectivity index (χ0v) is 15.1. The van der Waals surface area contributed by atoms with Crippen LogP contribution in [0.3, 0.4) is 0 Å². The largest absolute Gasteiger partial charge is 0.387 e. The van der Waals surface area contributed by atoms with Crippen LogP contribution in [0.5, 0.6) is 0 Å². The van der Waals surface area contributed by atoms with Crippen LogP contribution in [0.15, 0.2) is 36.7 Å². The van der Waals surface area contributed by atoms with Crippen LogP contribution in [0.25, 0.3) is 5.69 Å². The molecule has 0 amide bonds. The zero-order chi connectivity index (χ0) is 18.0. The van der Waals surface area contributed by atoms with E-state index in [0.717, 1.165) is 50.4 Å². The Balaban J connectivity index is 1.35. The Morgan fingerprint density at radius 3 is 2.77 bits per heavy atom. The molecule has 0 bridgehead atoms. The number of piperidine rings is 1. The number of halogens is 1. The Labute approximate surface area is 154 Å². The zero-order valence-electron chi connectivity index (χ0n) is 15.1. The van der Waals surface area contributed by atoms with E-state index in [1.165, 1.54) is 31.4 Å². The summed E-state index contributed by atoms with van der Waals surface area (Å²) in [6.45, 7) is 5.37. The van der Waals surface area contributed by atoms with Gasteiger partial charge in [0.1, 0.15) is 5.82 Å². The van der Waals surface area contributed by atoms with Gasteiger partial charge in [0.15, 0.2) is 0 Å². The van der Waals surface area contributed by atoms with Crippen molar-refractivity contribution in [2.75, 3.05) is 32.7 Å². The lowest BCUT2D eigenvalue weighted by atomic mass is 10.0. The minimum atomic E-state index is -0.601. The molecule has 0 radical (unpaired) electrons. The third-order valence-electron chi connectivity index (χ3n) is 5.49. The van der Waals surface area contributed by atoms with Crippen molar-refractivity contribution < 1.29 is 9.50 Å². The minimum Gasteiger partial charge on any atom is -0.387 e. The van der Waals surface area contributed by atoms with Gasteiger partial charge in [-0.15, -0.1) is 0 Å². The third kappa shape index (κ3) is 4.14. The average molecular weight is 358 g/mol. The lowest BCUT2D eigenvalue weighted by Crippen LogP contribution is -2.46. The molecule has 1 aromatic carbocycles. The number of aromatic nitrogens is 2. The fraction of sp³-hybridized carbons (Fsp3) is 0.550. The summed E-state index contributed by atoms with van der Waals surface area (Å²) in [7, 11) is 0. The Morgan fingerprint density at radius 2 is 1.96 bits per heavy atom. The monoisotopic (exact) mass is 358 g/mol. The molecule has 0 unspecified atom stereocenters. The number of rotatable bonds is 5. The summed E-state index contributed by atoms with van der Waals surface area (Å²) in [5, 5.41) is 15.3. The summed E-state index contributed by atoms with van der Waals surface area (Å²) in [4.78, 5) is 4.70. The number of β-amino-alcohol motifs (C(OH)–C–C–N with tert-alkyl or cyclic N) is 1. The lowest BCUT2D eigenvalue weighted by Gasteiger charge is -2.33. The second kappa shape index (κ2) is 7.47. The normalized spacial score (nSPS) is 25.0. The van der Waals surface area contributed by atoms with Gasteiger partial charge in [-0.25, -0.2) is 9.07 Å². The molecular weight excluding hydrogens is 331 g/mol. The highest BCUT2D eigenvalue weighted by Crippen LogP contribution is 2.25. The molecule has 4 rings (SSSR count). The molecule has 3 heterocycles. The van der Waals surface area contributed by atoms with Gasteiger partial charge in [0.25, 0.3) is 0 Å². The third-order valence-corrected chi connectivity index (χ3v) is 5.49. The molecule has 1 N–H and O–H groups in total. The Hall–Kier alpha value is -1.76. The first-order valence-electron chi connectivity index (χ1n) is 9.56. The molecule has 5 nitrogen and oxygen atoms in total. The highest BCUT2D eigenvalue weighted by Gasteiger charge is 2.37. The minimum absolute atomic E-state index is 0.262. The fourth-order valence-corrected chi connectivity index (χ4v) is 4.20. The van der Waals surface area contributed by atoms with Crippen molar-refractivity contribution in [3.63, 3.8) is 0 Å². The van der Waals surface area contributed by atoms with Gasteiger partial charge in [-0.3, -0.25) is 4.90 Å². The maximum atomic E-state index is 13.4. The van der Waals surface area contributed by atoms with Crippen molar-refractivity contribution in [2.24, 2.45) is 0 Å². The number of likely N-dealkylation sites (tertiary alicyclic amines) is 2. The van der Waals surface area contributed by atoms with E-state index in [0.29, 0.717) is 6.54 Å². The summed E-state index contributed by atoms with van der Waals surface area (Å²) in [5.74, 6) is -0.262. The fourth-order valence-electron chi connectivity index (χ4n) is 4.20. The average Bonchev–Trinajstić information content (AvgIpc) is 3.23. The number of hydrogen-bond acceptors (Lipinski definition) is 4. The summed E-state index contributed by atoms with van der Waals surface area (Å²) < 4.78 is 15.1. The predicted molar refractivity (Wildman–Crippen MR) is 98.7 cm³/mol. The first kappa shape index (κ1) is 17.6. The van der Waals surface area contributed by atoms with Gasteiger partial charge in [-0.2, -0.15) is 5.10 Å². The summed E-state index contributed by atoms with van der Waals surface area (Å²) >= 11 is 0. The maximum absolute atomic E-state index is 13.4. The maximum Gasteiger partial charge on any atom is 0.125 e. The molecule has 2 aliphatic heterocycles. The number of benzene rings is 1. The van der Waals surface area contributed by atoms with Crippen molar-refractivity contribution in [1.82, 2.24) is 19.6 Å². The molecule has 2 saturated heterocycles. The molecule has 0 aliphatic carbocycles. The molecule has 6 heteroatoms. The molecule has 1 atom stereocenters. The first-order chi connectivity index (χ1) is 12.6. The van der Waals surface area contributed by atoms with Crippen LogP contribution in [0, 0.1) is 5.82 Å². The Kier molecular flexibility index (Phi) is 5.07. The second-order valence-electron chi connectivity index (χ2n) is 7.79. The van der Waals surface area contributed by atoms with E-state index in [9.17, 15) is 9.50 Å². The Bertz CT molecular complexity index is 743. The predicted octanol–water partition coefficient (Wildman–Crippen LogP) is 2.43. The molecule has 2 fully saturated rings. The molecular formula is C20H27FN4O. The topological polar surface area (TPSA) is 44.5 Å². The molecule has 2 aromatic rings. The van der Waals surface area contributed by atoms with Crippen molar-refractivity contribution in [3.05, 3.63) is 48.0 Å². The van der Waals surface area contributed by atoms with Crippen LogP contribution in [0.4, 0.5) is 4.39 Å². The summed E-state index contributed by atoms with van der Waals surface area (Å²) in [6.07, 6.45) is 8.40. The van der Waals surface area contributed by atoms with Crippen LogP contribution in [0.1, 0.15) is 31.2 Å². The van der Waals surface area contributed by atoms with E-state index in [4.69, 9.17) is 0 Å². The lowest BCUT2D eigenvalue weighted by molar-refractivity contribution is 0.00635. The number of hydrogen-bond donors (Lipinski definition) is 1. The van der Waals surface area contributed by atoms with Gasteiger partial charge in [-0.05, 0) is 50.6 Å². The Morgan fingerprint density at radius 1 is 1.12 bits per heavy atom. The van der Waals surface area contributed by atoms with Crippen LogP contribution in [-0.2, 0) is 6.54 Å². The van der Waals surface area contributed by atoms with E-state index in [-0.39, 0.29) is 5.82 Å². The number of nitrogens with zero attached hydrogens (tertiary/aromatic N) is 4. The van der Waals surface area contributed by atoms with Crippen molar-refractivity contribution >= 4 is 0 Å². The van der Waals surface area contributed by atoms with Crippen molar-refractivity contribution in [1.29, 1.82) is 0 Å². The molecule has 2 aliphatic rings.